The molecule has 0 atom stereocenters. The first-order valence-corrected chi connectivity index (χ1v) is 5.57. The number of nitrogens with one attached hydrogen (secondary N) is 1. The number of aromatic nitrogens is 2. The van der Waals surface area contributed by atoms with Gasteiger partial charge in [0, 0.05) is 16.1 Å². The predicted molar refractivity (Wildman–Crippen MR) is 67.8 cm³/mol. The highest BCUT2D eigenvalue weighted by molar-refractivity contribution is 6.30. The lowest BCUT2D eigenvalue weighted by molar-refractivity contribution is 0.280. The van der Waals surface area contributed by atoms with Crippen molar-refractivity contribution in [3.05, 3.63) is 45.2 Å². The highest BCUT2D eigenvalue weighted by Gasteiger charge is 2.10. The topological polar surface area (TPSA) is 75.2 Å². The monoisotopic (exact) mass is 266 g/mol. The van der Waals surface area contributed by atoms with Crippen molar-refractivity contribution < 1.29 is 9.84 Å². The van der Waals surface area contributed by atoms with Crippen LogP contribution in [0, 0.1) is 0 Å². The molecule has 0 aliphatic heterocycles. The Labute approximate surface area is 108 Å². The average Bonchev–Trinajstić information content (AvgIpc) is 2.39. The molecule has 1 aromatic heterocycles. The summed E-state index contributed by atoms with van der Waals surface area (Å²) in [5, 5.41) is 15.8. The highest BCUT2D eigenvalue weighted by atomic mass is 35.5. The molecular formula is C12H11ClN2O3. The summed E-state index contributed by atoms with van der Waals surface area (Å²) in [7, 11) is 1.53. The van der Waals surface area contributed by atoms with Crippen molar-refractivity contribution in [1.29, 1.82) is 0 Å². The normalized spacial score (nSPS) is 10.4. The molecule has 0 amide bonds. The van der Waals surface area contributed by atoms with E-state index in [1.807, 2.05) is 0 Å². The van der Waals surface area contributed by atoms with Crippen molar-refractivity contribution in [2.24, 2.45) is 0 Å². The van der Waals surface area contributed by atoms with Gasteiger partial charge in [-0.2, -0.15) is 5.10 Å². The molecule has 2 aromatic rings. The first-order chi connectivity index (χ1) is 8.65. The van der Waals surface area contributed by atoms with E-state index >= 15 is 0 Å². The maximum atomic E-state index is 11.3. The maximum absolute atomic E-state index is 11.3. The first kappa shape index (κ1) is 12.6. The van der Waals surface area contributed by atoms with E-state index in [0.717, 1.165) is 0 Å². The van der Waals surface area contributed by atoms with Gasteiger partial charge in [-0.05, 0) is 24.3 Å². The Morgan fingerprint density at radius 3 is 2.89 bits per heavy atom. The van der Waals surface area contributed by atoms with Gasteiger partial charge in [0.05, 0.1) is 19.4 Å². The van der Waals surface area contributed by atoms with Crippen LogP contribution in [0.15, 0.2) is 29.1 Å². The number of methoxy groups -OCH3 is 1. The standard InChI is InChI=1S/C12H11ClN2O3/c1-18-11-3-2-8(13)5-9(11)10-4-7(6-16)12(17)15-14-10/h2-5,16H,6H2,1H3,(H,15,17). The summed E-state index contributed by atoms with van der Waals surface area (Å²) < 4.78 is 5.21. The Morgan fingerprint density at radius 2 is 2.22 bits per heavy atom. The average molecular weight is 267 g/mol. The van der Waals surface area contributed by atoms with Gasteiger partial charge in [-0.3, -0.25) is 4.79 Å². The molecule has 0 saturated heterocycles. The van der Waals surface area contributed by atoms with Crippen LogP contribution in [0.3, 0.4) is 0 Å². The SMILES string of the molecule is COc1ccc(Cl)cc1-c1cc(CO)c(=O)[nH]n1. The Hall–Kier alpha value is -1.85. The van der Waals surface area contributed by atoms with Gasteiger partial charge in [-0.15, -0.1) is 0 Å². The second-order valence-electron chi connectivity index (χ2n) is 3.61. The minimum Gasteiger partial charge on any atom is -0.496 e. The van der Waals surface area contributed by atoms with E-state index in [0.29, 0.717) is 22.0 Å². The third-order valence-corrected chi connectivity index (χ3v) is 2.72. The van der Waals surface area contributed by atoms with Crippen molar-refractivity contribution in [3.8, 4) is 17.0 Å². The smallest absolute Gasteiger partial charge is 0.269 e. The summed E-state index contributed by atoms with van der Waals surface area (Å²) in [6.45, 7) is -0.353. The molecule has 1 aromatic carbocycles. The molecular weight excluding hydrogens is 256 g/mol. The number of hydrogen-bond acceptors (Lipinski definition) is 4. The van der Waals surface area contributed by atoms with Gasteiger partial charge in [-0.25, -0.2) is 5.10 Å². The van der Waals surface area contributed by atoms with Crippen LogP contribution in [0.4, 0.5) is 0 Å². The minimum absolute atomic E-state index is 0.238. The Balaban J connectivity index is 2.61. The minimum atomic E-state index is -0.415. The van der Waals surface area contributed by atoms with Crippen LogP contribution in [0.25, 0.3) is 11.3 Å². The maximum Gasteiger partial charge on any atom is 0.269 e. The molecule has 0 bridgehead atoms. The number of benzene rings is 1. The number of aliphatic hydroxyl groups is 1. The number of halogens is 1. The van der Waals surface area contributed by atoms with Crippen molar-refractivity contribution >= 4 is 11.6 Å². The molecule has 0 saturated carbocycles. The molecule has 0 aliphatic rings. The van der Waals surface area contributed by atoms with Gasteiger partial charge in [0.2, 0.25) is 0 Å². The molecule has 18 heavy (non-hydrogen) atoms. The lowest BCUT2D eigenvalue weighted by Gasteiger charge is -2.08. The summed E-state index contributed by atoms with van der Waals surface area (Å²) in [6, 6.07) is 6.60. The highest BCUT2D eigenvalue weighted by Crippen LogP contribution is 2.30. The molecule has 0 fully saturated rings. The molecule has 0 unspecified atom stereocenters. The van der Waals surface area contributed by atoms with E-state index in [4.69, 9.17) is 21.4 Å². The van der Waals surface area contributed by atoms with Crippen LogP contribution >= 0.6 is 11.6 Å². The zero-order valence-corrected chi connectivity index (χ0v) is 10.4. The third-order valence-electron chi connectivity index (χ3n) is 2.49. The van der Waals surface area contributed by atoms with Crippen LogP contribution in [0.1, 0.15) is 5.56 Å². The Morgan fingerprint density at radius 1 is 1.44 bits per heavy atom. The van der Waals surface area contributed by atoms with E-state index in [1.54, 1.807) is 18.2 Å². The fraction of sp³-hybridized carbons (Fsp3) is 0.167. The van der Waals surface area contributed by atoms with Gasteiger partial charge in [-0.1, -0.05) is 11.6 Å². The number of rotatable bonds is 3. The lowest BCUT2D eigenvalue weighted by Crippen LogP contribution is -2.14. The van der Waals surface area contributed by atoms with Crippen LogP contribution in [-0.4, -0.2) is 22.4 Å². The van der Waals surface area contributed by atoms with Gasteiger partial charge < -0.3 is 9.84 Å². The molecule has 0 radical (unpaired) electrons. The molecule has 2 rings (SSSR count). The largest absolute Gasteiger partial charge is 0.496 e. The number of hydrogen-bond donors (Lipinski definition) is 2. The van der Waals surface area contributed by atoms with E-state index in [2.05, 4.69) is 10.2 Å². The van der Waals surface area contributed by atoms with Gasteiger partial charge in [0.25, 0.3) is 5.56 Å². The second-order valence-corrected chi connectivity index (χ2v) is 4.05. The van der Waals surface area contributed by atoms with E-state index in [1.165, 1.54) is 13.2 Å². The molecule has 5 nitrogen and oxygen atoms in total. The van der Waals surface area contributed by atoms with E-state index in [-0.39, 0.29) is 12.2 Å². The van der Waals surface area contributed by atoms with Gasteiger partial charge in [0.15, 0.2) is 0 Å². The lowest BCUT2D eigenvalue weighted by atomic mass is 10.1. The zero-order chi connectivity index (χ0) is 13.1. The fourth-order valence-electron chi connectivity index (χ4n) is 1.58. The van der Waals surface area contributed by atoms with Gasteiger partial charge in [0.1, 0.15) is 5.75 Å². The summed E-state index contributed by atoms with van der Waals surface area (Å²) >= 11 is 5.92. The van der Waals surface area contributed by atoms with Crippen LogP contribution in [0.2, 0.25) is 5.02 Å². The van der Waals surface area contributed by atoms with Crippen molar-refractivity contribution in [3.63, 3.8) is 0 Å². The van der Waals surface area contributed by atoms with Crippen LogP contribution in [0.5, 0.6) is 5.75 Å². The van der Waals surface area contributed by atoms with Crippen molar-refractivity contribution in [2.75, 3.05) is 7.11 Å². The quantitative estimate of drug-likeness (QED) is 0.885. The van der Waals surface area contributed by atoms with Crippen molar-refractivity contribution in [2.45, 2.75) is 6.61 Å². The molecule has 2 N–H and O–H groups in total. The zero-order valence-electron chi connectivity index (χ0n) is 9.61. The molecule has 6 heteroatoms. The van der Waals surface area contributed by atoms with E-state index in [9.17, 15) is 4.79 Å². The molecule has 1 heterocycles. The fourth-order valence-corrected chi connectivity index (χ4v) is 1.75. The molecule has 0 spiro atoms. The number of nitrogens with zero attached hydrogens (tertiary/aromatic N) is 1. The van der Waals surface area contributed by atoms with Gasteiger partial charge >= 0.3 is 0 Å². The number of aromatic amines is 1. The number of aliphatic hydroxyl groups excluding tert-OH is 1. The van der Waals surface area contributed by atoms with Crippen LogP contribution < -0.4 is 10.3 Å². The van der Waals surface area contributed by atoms with E-state index < -0.39 is 5.56 Å². The van der Waals surface area contributed by atoms with Crippen molar-refractivity contribution in [1.82, 2.24) is 10.2 Å². The third kappa shape index (κ3) is 2.37. The summed E-state index contributed by atoms with van der Waals surface area (Å²) in [6.07, 6.45) is 0. The first-order valence-electron chi connectivity index (χ1n) is 5.19. The summed E-state index contributed by atoms with van der Waals surface area (Å²) in [5.41, 5.74) is 0.957. The Bertz CT molecular complexity index is 625. The molecule has 0 aliphatic carbocycles. The second kappa shape index (κ2) is 5.20. The number of ether oxygens (including phenoxy) is 1. The summed E-state index contributed by atoms with van der Waals surface area (Å²) in [5.74, 6) is 0.586. The Kier molecular flexibility index (Phi) is 3.64. The molecule has 94 valence electrons. The number of H-pyrrole nitrogens is 1. The summed E-state index contributed by atoms with van der Waals surface area (Å²) in [4.78, 5) is 11.3. The van der Waals surface area contributed by atoms with Crippen LogP contribution in [-0.2, 0) is 6.61 Å². The predicted octanol–water partition coefficient (Wildman–Crippen LogP) is 1.59.